The largest absolute Gasteiger partial charge is 0.573 e. The summed E-state index contributed by atoms with van der Waals surface area (Å²) in [7, 11) is 0. The monoisotopic (exact) mass is 656 g/mol. The van der Waals surface area contributed by atoms with Crippen LogP contribution in [-0.4, -0.2) is 35.8 Å². The average molecular weight is 657 g/mol. The second-order valence-electron chi connectivity index (χ2n) is 10.4. The Bertz CT molecular complexity index is 1750. The Morgan fingerprint density at radius 1 is 0.930 bits per heavy atom. The highest BCUT2D eigenvalue weighted by molar-refractivity contribution is 9.10. The van der Waals surface area contributed by atoms with Gasteiger partial charge in [0.15, 0.2) is 10.4 Å². The number of nitrogens with one attached hydrogen (secondary N) is 2. The van der Waals surface area contributed by atoms with Crippen LogP contribution < -0.4 is 25.8 Å². The third kappa shape index (κ3) is 6.31. The third-order valence-electron chi connectivity index (χ3n) is 7.47. The first-order valence-electron chi connectivity index (χ1n) is 13.3. The van der Waals surface area contributed by atoms with Crippen LogP contribution in [0.2, 0.25) is 0 Å². The summed E-state index contributed by atoms with van der Waals surface area (Å²) < 4.78 is 48.9. The van der Waals surface area contributed by atoms with Crippen LogP contribution in [0.5, 0.6) is 5.75 Å². The van der Waals surface area contributed by atoms with Crippen molar-refractivity contribution in [1.82, 2.24) is 4.57 Å². The number of carbonyl (C=O) groups excluding carboxylic acids is 2. The lowest BCUT2D eigenvalue weighted by molar-refractivity contribution is -0.274. The van der Waals surface area contributed by atoms with Crippen molar-refractivity contribution in [3.05, 3.63) is 105 Å². The molecule has 9 nitrogen and oxygen atoms in total. The maximum atomic E-state index is 13.1. The van der Waals surface area contributed by atoms with Crippen LogP contribution in [0.25, 0.3) is 0 Å². The van der Waals surface area contributed by atoms with Gasteiger partial charge < -0.3 is 29.3 Å². The number of rotatable bonds is 6. The van der Waals surface area contributed by atoms with Gasteiger partial charge in [-0.25, -0.2) is 0 Å². The number of furan rings is 1. The van der Waals surface area contributed by atoms with Gasteiger partial charge in [0.2, 0.25) is 0 Å². The molecular formula is C30H24BrF3N4O5. The van der Waals surface area contributed by atoms with Crippen LogP contribution >= 0.6 is 15.9 Å². The van der Waals surface area contributed by atoms with E-state index in [1.807, 2.05) is 10.6 Å². The van der Waals surface area contributed by atoms with Crippen molar-refractivity contribution in [1.29, 1.82) is 0 Å². The van der Waals surface area contributed by atoms with Crippen molar-refractivity contribution >= 4 is 44.8 Å². The van der Waals surface area contributed by atoms with Crippen LogP contribution in [0.4, 0.5) is 30.2 Å². The fraction of sp³-hybridized carbons (Fsp3) is 0.233. The van der Waals surface area contributed by atoms with E-state index < -0.39 is 23.9 Å². The van der Waals surface area contributed by atoms with E-state index in [0.29, 0.717) is 35.7 Å². The summed E-state index contributed by atoms with van der Waals surface area (Å²) in [5.41, 5.74) is 2.50. The van der Waals surface area contributed by atoms with Crippen LogP contribution in [0.1, 0.15) is 38.9 Å². The van der Waals surface area contributed by atoms with Crippen molar-refractivity contribution in [2.45, 2.75) is 25.2 Å². The van der Waals surface area contributed by atoms with Crippen molar-refractivity contribution in [3.8, 4) is 5.75 Å². The first-order valence-corrected chi connectivity index (χ1v) is 14.1. The molecule has 0 saturated carbocycles. The summed E-state index contributed by atoms with van der Waals surface area (Å²) >= 11 is 3.19. The molecule has 2 amide bonds. The average Bonchev–Trinajstić information content (AvgIpc) is 3.40. The van der Waals surface area contributed by atoms with Crippen LogP contribution in [0.3, 0.4) is 0 Å². The summed E-state index contributed by atoms with van der Waals surface area (Å²) in [5.74, 6) is -1.07. The number of aromatic nitrogens is 1. The first-order chi connectivity index (χ1) is 20.5. The number of ether oxygens (including phenoxy) is 1. The van der Waals surface area contributed by atoms with E-state index in [2.05, 4.69) is 36.2 Å². The quantitative estimate of drug-likeness (QED) is 0.255. The number of hydrogen-bond acceptors (Lipinski definition) is 6. The number of halogens is 4. The zero-order valence-corrected chi connectivity index (χ0v) is 23.9. The molecule has 13 heteroatoms. The van der Waals surface area contributed by atoms with E-state index >= 15 is 0 Å². The molecule has 4 aromatic rings. The summed E-state index contributed by atoms with van der Waals surface area (Å²) in [6.45, 7) is 1.84. The van der Waals surface area contributed by atoms with E-state index in [0.717, 1.165) is 24.2 Å². The standard InChI is InChI=1S/C30H24BrF3N4O5/c31-26-11-10-25(42-26)29(41)36-22-13-18(28(40)35-20-5-7-21(8-6-20)43-30(32,33)34)4-9-24(22)37-14-17-12-19(16-37)23-2-1-3-27(39)38(23)15-17/h1-11,13,17,19H,12,14-16H2,(H,35,40)(H,36,41)/t17-,19+/m1/s1. The van der Waals surface area contributed by atoms with Gasteiger partial charge >= 0.3 is 6.36 Å². The lowest BCUT2D eigenvalue weighted by atomic mass is 9.83. The van der Waals surface area contributed by atoms with Gasteiger partial charge in [-0.15, -0.1) is 13.2 Å². The molecule has 2 N–H and O–H groups in total. The number of hydrogen-bond donors (Lipinski definition) is 2. The summed E-state index contributed by atoms with van der Waals surface area (Å²) in [5, 5.41) is 5.52. The number of piperidine rings is 1. The molecular weight excluding hydrogens is 633 g/mol. The minimum absolute atomic E-state index is 0.0175. The summed E-state index contributed by atoms with van der Waals surface area (Å²) in [4.78, 5) is 40.8. The molecule has 2 atom stereocenters. The molecule has 2 aliphatic heterocycles. The van der Waals surface area contributed by atoms with Gasteiger partial charge in [-0.3, -0.25) is 14.4 Å². The van der Waals surface area contributed by atoms with E-state index in [1.54, 1.807) is 36.4 Å². The molecule has 6 rings (SSSR count). The van der Waals surface area contributed by atoms with Gasteiger partial charge in [0, 0.05) is 48.6 Å². The molecule has 2 aromatic carbocycles. The lowest BCUT2D eigenvalue weighted by Crippen LogP contribution is -2.47. The molecule has 2 bridgehead atoms. The predicted molar refractivity (Wildman–Crippen MR) is 156 cm³/mol. The smallest absolute Gasteiger partial charge is 0.444 e. The summed E-state index contributed by atoms with van der Waals surface area (Å²) in [6, 6.07) is 18.1. The van der Waals surface area contributed by atoms with E-state index in [-0.39, 0.29) is 34.4 Å². The second kappa shape index (κ2) is 11.3. The number of pyridine rings is 1. The predicted octanol–water partition coefficient (Wildman–Crippen LogP) is 6.23. The van der Waals surface area contributed by atoms with Gasteiger partial charge in [-0.05, 0) is 88.9 Å². The van der Waals surface area contributed by atoms with Gasteiger partial charge in [-0.1, -0.05) is 6.07 Å². The Morgan fingerprint density at radius 3 is 2.44 bits per heavy atom. The number of alkyl halides is 3. The Labute approximate surface area is 251 Å². The molecule has 1 fully saturated rings. The van der Waals surface area contributed by atoms with Crippen LogP contribution in [0.15, 0.2) is 86.7 Å². The topological polar surface area (TPSA) is 106 Å². The maximum Gasteiger partial charge on any atom is 0.573 e. The minimum Gasteiger partial charge on any atom is -0.444 e. The molecule has 0 unspecified atom stereocenters. The van der Waals surface area contributed by atoms with Gasteiger partial charge in [0.1, 0.15) is 5.75 Å². The number of amides is 2. The van der Waals surface area contributed by atoms with Crippen molar-refractivity contribution in [2.75, 3.05) is 28.6 Å². The first kappa shape index (κ1) is 28.6. The second-order valence-corrected chi connectivity index (χ2v) is 11.2. The van der Waals surface area contributed by atoms with Gasteiger partial charge in [0.25, 0.3) is 17.4 Å². The highest BCUT2D eigenvalue weighted by Gasteiger charge is 2.35. The fourth-order valence-electron chi connectivity index (χ4n) is 5.71. The Kier molecular flexibility index (Phi) is 7.50. The fourth-order valence-corrected chi connectivity index (χ4v) is 6.02. The van der Waals surface area contributed by atoms with E-state index in [4.69, 9.17) is 4.42 Å². The highest BCUT2D eigenvalue weighted by atomic mass is 79.9. The van der Waals surface area contributed by atoms with Crippen molar-refractivity contribution in [2.24, 2.45) is 5.92 Å². The Hall–Kier alpha value is -4.52. The number of carbonyl (C=O) groups is 2. The van der Waals surface area contributed by atoms with Crippen LogP contribution in [0, 0.1) is 5.92 Å². The molecule has 0 radical (unpaired) electrons. The number of anilines is 3. The zero-order valence-electron chi connectivity index (χ0n) is 22.4. The molecule has 2 aromatic heterocycles. The molecule has 222 valence electrons. The minimum atomic E-state index is -4.83. The molecule has 2 aliphatic rings. The zero-order chi connectivity index (χ0) is 30.3. The van der Waals surface area contributed by atoms with E-state index in [1.165, 1.54) is 18.2 Å². The molecule has 4 heterocycles. The lowest BCUT2D eigenvalue weighted by Gasteiger charge is -2.44. The Morgan fingerprint density at radius 2 is 1.72 bits per heavy atom. The SMILES string of the molecule is O=C(Nc1ccc(OC(F)(F)F)cc1)c1ccc(N2C[C@H]3C[C@@H](C2)c2cccc(=O)n2C3)c(NC(=O)c2ccc(Br)o2)c1. The maximum absolute atomic E-state index is 13.1. The van der Waals surface area contributed by atoms with Gasteiger partial charge in [-0.2, -0.15) is 0 Å². The number of nitrogens with zero attached hydrogens (tertiary/aromatic N) is 2. The number of fused-ring (bicyclic) bond motifs is 4. The van der Waals surface area contributed by atoms with Crippen molar-refractivity contribution in [3.63, 3.8) is 0 Å². The Balaban J connectivity index is 1.27. The van der Waals surface area contributed by atoms with Crippen LogP contribution in [-0.2, 0) is 6.54 Å². The normalized spacial score (nSPS) is 17.6. The summed E-state index contributed by atoms with van der Waals surface area (Å²) in [6.07, 6.45) is -3.89. The van der Waals surface area contributed by atoms with E-state index in [9.17, 15) is 27.6 Å². The van der Waals surface area contributed by atoms with Crippen molar-refractivity contribution < 1.29 is 31.9 Å². The third-order valence-corrected chi connectivity index (χ3v) is 7.90. The number of benzene rings is 2. The highest BCUT2D eigenvalue weighted by Crippen LogP contribution is 2.39. The van der Waals surface area contributed by atoms with Gasteiger partial charge in [0.05, 0.1) is 11.4 Å². The molecule has 1 saturated heterocycles. The molecule has 43 heavy (non-hydrogen) atoms. The molecule has 0 aliphatic carbocycles. The molecule has 0 spiro atoms.